The number of piperidine rings is 1. The number of nitrogens with zero attached hydrogens (tertiary/aromatic N) is 5. The largest absolute Gasteiger partial charge is 0.390 e. The summed E-state index contributed by atoms with van der Waals surface area (Å²) in [5.74, 6) is -1.19. The number of Topliss-reactive ketones (excluding diaryl/α,β-unsaturated/α-hetero) is 1. The first-order valence-corrected chi connectivity index (χ1v) is 14.7. The molecule has 2 aliphatic rings. The van der Waals surface area contributed by atoms with Crippen molar-refractivity contribution in [2.24, 2.45) is 5.41 Å². The Kier molecular flexibility index (Phi) is 7.16. The number of amides is 2. The molecule has 1 aliphatic carbocycles. The molecule has 0 spiro atoms. The second-order valence-electron chi connectivity index (χ2n) is 11.8. The molecule has 12 heteroatoms. The highest BCUT2D eigenvalue weighted by atomic mass is 79.9. The van der Waals surface area contributed by atoms with Crippen LogP contribution in [0.3, 0.4) is 0 Å². The molecule has 0 unspecified atom stereocenters. The van der Waals surface area contributed by atoms with Gasteiger partial charge in [0.1, 0.15) is 28.7 Å². The Bertz CT molecular complexity index is 1820. The van der Waals surface area contributed by atoms with E-state index < -0.39 is 11.9 Å². The van der Waals surface area contributed by atoms with Crippen LogP contribution in [0.25, 0.3) is 22.0 Å². The number of hydrogen-bond acceptors (Lipinski definition) is 7. The van der Waals surface area contributed by atoms with Crippen LogP contribution in [-0.4, -0.2) is 59.4 Å². The number of aliphatic hydroxyl groups is 1. The maximum Gasteiger partial charge on any atom is 0.248 e. The lowest BCUT2D eigenvalue weighted by Gasteiger charge is -2.27. The third-order valence-corrected chi connectivity index (χ3v) is 9.12. The van der Waals surface area contributed by atoms with Gasteiger partial charge in [0.15, 0.2) is 11.6 Å². The molecule has 0 radical (unpaired) electrons. The van der Waals surface area contributed by atoms with Crippen LogP contribution in [0.1, 0.15) is 54.0 Å². The molecule has 43 heavy (non-hydrogen) atoms. The Morgan fingerprint density at radius 1 is 1.14 bits per heavy atom. The fourth-order valence-electron chi connectivity index (χ4n) is 6.21. The third kappa shape index (κ3) is 5.12. The number of carbonyl (C=O) groups excluding carboxylic acids is 3. The Labute approximate surface area is 255 Å². The van der Waals surface area contributed by atoms with Gasteiger partial charge in [-0.05, 0) is 89.0 Å². The molecule has 4 aromatic rings. The topological polar surface area (TPSA) is 130 Å². The molecule has 222 valence electrons. The van der Waals surface area contributed by atoms with Crippen LogP contribution in [0.2, 0.25) is 0 Å². The number of aromatic nitrogens is 4. The summed E-state index contributed by atoms with van der Waals surface area (Å²) in [5, 5.41) is 17.3. The highest BCUT2D eigenvalue weighted by molar-refractivity contribution is 9.10. The predicted molar refractivity (Wildman–Crippen MR) is 161 cm³/mol. The molecule has 1 aromatic carbocycles. The number of ketones is 1. The van der Waals surface area contributed by atoms with Gasteiger partial charge < -0.3 is 15.3 Å². The van der Waals surface area contributed by atoms with Crippen LogP contribution in [0.5, 0.6) is 0 Å². The summed E-state index contributed by atoms with van der Waals surface area (Å²) < 4.78 is 15.4. The van der Waals surface area contributed by atoms with E-state index in [4.69, 9.17) is 0 Å². The number of pyridine rings is 2. The first-order chi connectivity index (χ1) is 20.4. The van der Waals surface area contributed by atoms with Crippen molar-refractivity contribution in [1.82, 2.24) is 24.6 Å². The van der Waals surface area contributed by atoms with Crippen LogP contribution in [0.15, 0.2) is 41.1 Å². The van der Waals surface area contributed by atoms with E-state index in [9.17, 15) is 23.9 Å². The van der Waals surface area contributed by atoms with E-state index in [0.29, 0.717) is 28.6 Å². The molecule has 2 N–H and O–H groups in total. The van der Waals surface area contributed by atoms with Gasteiger partial charge in [0, 0.05) is 30.1 Å². The number of carbonyl (C=O) groups is 3. The van der Waals surface area contributed by atoms with Crippen molar-refractivity contribution in [3.63, 3.8) is 0 Å². The summed E-state index contributed by atoms with van der Waals surface area (Å²) in [5.41, 5.74) is 4.24. The van der Waals surface area contributed by atoms with Crippen molar-refractivity contribution < 1.29 is 23.9 Å². The normalized spacial score (nSPS) is 20.8. The van der Waals surface area contributed by atoms with Crippen LogP contribution < -0.4 is 5.32 Å². The summed E-state index contributed by atoms with van der Waals surface area (Å²) in [7, 11) is 0. The Balaban J connectivity index is 1.31. The van der Waals surface area contributed by atoms with Crippen LogP contribution in [-0.2, 0) is 22.7 Å². The number of benzene rings is 1. The van der Waals surface area contributed by atoms with E-state index in [0.717, 1.165) is 23.1 Å². The van der Waals surface area contributed by atoms with E-state index in [2.05, 4.69) is 43.2 Å². The van der Waals surface area contributed by atoms with Gasteiger partial charge in [-0.3, -0.25) is 24.0 Å². The highest BCUT2D eigenvalue weighted by Crippen LogP contribution is 2.59. The average molecular weight is 650 g/mol. The van der Waals surface area contributed by atoms with Crippen LogP contribution >= 0.6 is 15.9 Å². The number of fused-ring (bicyclic) bond motifs is 2. The molecule has 1 saturated carbocycles. The molecule has 0 bridgehead atoms. The number of nitrogens with one attached hydrogen (secondary N) is 1. The number of hydrogen-bond donors (Lipinski definition) is 2. The minimum atomic E-state index is -0.725. The summed E-state index contributed by atoms with van der Waals surface area (Å²) in [6.45, 7) is 6.74. The lowest BCUT2D eigenvalue weighted by Crippen LogP contribution is -2.47. The molecule has 3 aromatic heterocycles. The number of aryl methyl sites for hydroxylation is 2. The highest BCUT2D eigenvalue weighted by Gasteiger charge is 2.64. The second kappa shape index (κ2) is 10.6. The van der Waals surface area contributed by atoms with Crippen molar-refractivity contribution in [3.8, 4) is 11.1 Å². The van der Waals surface area contributed by atoms with E-state index in [-0.39, 0.29) is 58.3 Å². The third-order valence-electron chi connectivity index (χ3n) is 8.56. The number of halogens is 2. The van der Waals surface area contributed by atoms with Gasteiger partial charge in [-0.25, -0.2) is 9.37 Å². The lowest BCUT2D eigenvalue weighted by molar-refractivity contribution is -0.138. The van der Waals surface area contributed by atoms with Gasteiger partial charge in [0.05, 0.1) is 17.8 Å². The summed E-state index contributed by atoms with van der Waals surface area (Å²) in [6, 6.07) is 7.88. The summed E-state index contributed by atoms with van der Waals surface area (Å²) in [4.78, 5) is 50.0. The van der Waals surface area contributed by atoms with Gasteiger partial charge in [0.25, 0.3) is 0 Å². The fourth-order valence-corrected chi connectivity index (χ4v) is 6.50. The van der Waals surface area contributed by atoms with Gasteiger partial charge in [-0.15, -0.1) is 0 Å². The van der Waals surface area contributed by atoms with Crippen molar-refractivity contribution in [2.45, 2.75) is 65.8 Å². The minimum absolute atomic E-state index is 0.00800. The van der Waals surface area contributed by atoms with Crippen LogP contribution in [0.4, 0.5) is 10.2 Å². The zero-order chi connectivity index (χ0) is 30.8. The number of rotatable bonds is 7. The first-order valence-electron chi connectivity index (χ1n) is 13.9. The molecule has 1 aliphatic heterocycles. The van der Waals surface area contributed by atoms with Crippen molar-refractivity contribution >= 4 is 50.2 Å². The lowest BCUT2D eigenvalue weighted by atomic mass is 10.00. The van der Waals surface area contributed by atoms with Crippen molar-refractivity contribution in [1.29, 1.82) is 0 Å². The zero-order valence-corrected chi connectivity index (χ0v) is 25.7. The molecule has 6 rings (SSSR count). The Morgan fingerprint density at radius 3 is 2.58 bits per heavy atom. The van der Waals surface area contributed by atoms with Gasteiger partial charge in [-0.1, -0.05) is 13.0 Å². The zero-order valence-electron chi connectivity index (χ0n) is 24.1. The quantitative estimate of drug-likeness (QED) is 0.219. The van der Waals surface area contributed by atoms with Crippen LogP contribution in [0, 0.1) is 25.1 Å². The van der Waals surface area contributed by atoms with E-state index >= 15 is 0 Å². The van der Waals surface area contributed by atoms with Crippen molar-refractivity contribution in [3.05, 3.63) is 69.5 Å². The summed E-state index contributed by atoms with van der Waals surface area (Å²) >= 11 is 3.06. The predicted octanol–water partition coefficient (Wildman–Crippen LogP) is 4.72. The van der Waals surface area contributed by atoms with Gasteiger partial charge >= 0.3 is 0 Å². The Hall–Kier alpha value is -4.03. The molecule has 2 fully saturated rings. The molecule has 3 atom stereocenters. The second-order valence-corrected chi connectivity index (χ2v) is 12.5. The van der Waals surface area contributed by atoms with Crippen molar-refractivity contribution in [2.75, 3.05) is 5.32 Å². The molecular formula is C31H30BrFN6O4. The number of likely N-dealkylation sites (tertiary alicyclic amines) is 1. The SMILES string of the molecule is CC(=O)c1nn(CC(=O)N2[C@H](C(=O)Nc3nc(Br)c(F)cc3C)C[C@@]3(C)C[C@@H]23)c2c(C)cc(-c3ccc(CO)nc3)cc12. The van der Waals surface area contributed by atoms with Gasteiger partial charge in [0.2, 0.25) is 11.8 Å². The van der Waals surface area contributed by atoms with E-state index in [1.165, 1.54) is 13.0 Å². The standard InChI is InChI=1S/C31H30BrFN6O4/c1-15-7-19(18-5-6-20(14-40)34-12-18)9-21-26(17(3)41)37-38(27(15)21)13-25(42)39-23(10-31(4)11-24(31)39)30(43)36-29-16(2)8-22(33)28(32)35-29/h5-9,12,23-24,40H,10-11,13-14H2,1-4H3,(H,35,36,43)/t23-,24+,31-/m0/s1. The maximum atomic E-state index is 13.9. The Morgan fingerprint density at radius 2 is 1.91 bits per heavy atom. The van der Waals surface area contributed by atoms with E-state index in [1.54, 1.807) is 28.8 Å². The fraction of sp³-hybridized carbons (Fsp3) is 0.355. The average Bonchev–Trinajstić information content (AvgIpc) is 3.32. The number of anilines is 1. The molecule has 4 heterocycles. The first kappa shape index (κ1) is 29.1. The summed E-state index contributed by atoms with van der Waals surface area (Å²) in [6.07, 6.45) is 2.97. The minimum Gasteiger partial charge on any atom is -0.390 e. The van der Waals surface area contributed by atoms with E-state index in [1.807, 2.05) is 25.1 Å². The van der Waals surface area contributed by atoms with Gasteiger partial charge in [-0.2, -0.15) is 5.10 Å². The molecular weight excluding hydrogens is 619 g/mol. The molecule has 2 amide bonds. The monoisotopic (exact) mass is 648 g/mol. The number of aliphatic hydroxyl groups excluding tert-OH is 1. The molecule has 1 saturated heterocycles. The maximum absolute atomic E-state index is 13.9. The smallest absolute Gasteiger partial charge is 0.248 e. The molecule has 10 nitrogen and oxygen atoms in total.